The molecule has 2 aromatic carbocycles. The topological polar surface area (TPSA) is 105 Å². The number of rotatable bonds is 4. The number of ether oxygens (including phenoxy) is 1. The summed E-state index contributed by atoms with van der Waals surface area (Å²) in [5.74, 6) is 1.21. The third-order valence-corrected chi connectivity index (χ3v) is 8.57. The molecule has 2 aliphatic heterocycles. The van der Waals surface area contributed by atoms with E-state index in [4.69, 9.17) is 9.26 Å². The summed E-state index contributed by atoms with van der Waals surface area (Å²) in [6.07, 6.45) is 9.98. The predicted molar refractivity (Wildman–Crippen MR) is 161 cm³/mol. The highest BCUT2D eigenvalue weighted by molar-refractivity contribution is 5.97. The maximum absolute atomic E-state index is 14.1. The molecule has 4 heterocycles. The van der Waals surface area contributed by atoms with Crippen molar-refractivity contribution in [3.8, 4) is 5.75 Å². The van der Waals surface area contributed by atoms with E-state index in [1.54, 1.807) is 24.7 Å². The van der Waals surface area contributed by atoms with Crippen LogP contribution in [0.4, 0.5) is 5.82 Å². The van der Waals surface area contributed by atoms with E-state index in [2.05, 4.69) is 20.0 Å². The lowest BCUT2D eigenvalue weighted by atomic mass is 9.75. The monoisotopic (exact) mass is 580 g/mol. The van der Waals surface area contributed by atoms with Gasteiger partial charge in [0.1, 0.15) is 17.8 Å². The first-order chi connectivity index (χ1) is 21.1. The minimum absolute atomic E-state index is 0.0696. The molecule has 4 aromatic rings. The molecule has 0 N–H and O–H groups in total. The Labute approximate surface area is 251 Å². The van der Waals surface area contributed by atoms with Gasteiger partial charge < -0.3 is 24.0 Å². The highest BCUT2D eigenvalue weighted by Crippen LogP contribution is 2.38. The van der Waals surface area contributed by atoms with Gasteiger partial charge in [-0.1, -0.05) is 47.6 Å². The van der Waals surface area contributed by atoms with Crippen molar-refractivity contribution in [2.45, 2.75) is 32.2 Å². The lowest BCUT2D eigenvalue weighted by Crippen LogP contribution is -2.46. The van der Waals surface area contributed by atoms with Gasteiger partial charge in [-0.05, 0) is 43.4 Å². The smallest absolute Gasteiger partial charge is 0.276 e. The van der Waals surface area contributed by atoms with Crippen molar-refractivity contribution < 1.29 is 18.8 Å². The lowest BCUT2D eigenvalue weighted by molar-refractivity contribution is 0.0357. The zero-order valence-electron chi connectivity index (χ0n) is 24.2. The van der Waals surface area contributed by atoms with Crippen molar-refractivity contribution in [1.29, 1.82) is 0 Å². The number of carbonyl (C=O) groups excluding carboxylic acids is 2. The van der Waals surface area contributed by atoms with E-state index < -0.39 is 0 Å². The Balaban J connectivity index is 1.28. The number of amides is 2. The average Bonchev–Trinajstić information content (AvgIpc) is 3.61. The summed E-state index contributed by atoms with van der Waals surface area (Å²) in [5.41, 5.74) is 1.80. The van der Waals surface area contributed by atoms with Gasteiger partial charge in [-0.15, -0.1) is 0 Å². The van der Waals surface area contributed by atoms with Gasteiger partial charge in [0.25, 0.3) is 11.8 Å². The molecular weight excluding hydrogens is 544 g/mol. The molecule has 1 saturated heterocycles. The van der Waals surface area contributed by atoms with E-state index in [0.29, 0.717) is 56.3 Å². The number of piperidine rings is 1. The van der Waals surface area contributed by atoms with Gasteiger partial charge in [0.15, 0.2) is 5.69 Å². The van der Waals surface area contributed by atoms with Crippen molar-refractivity contribution in [3.05, 3.63) is 102 Å². The normalized spacial score (nSPS) is 17.8. The molecular formula is C33H36N6O4. The number of para-hydroxylation sites is 1. The van der Waals surface area contributed by atoms with Crippen LogP contribution < -0.4 is 9.64 Å². The van der Waals surface area contributed by atoms with Crippen molar-refractivity contribution in [2.75, 3.05) is 44.2 Å². The summed E-state index contributed by atoms with van der Waals surface area (Å²) in [4.78, 5) is 41.9. The van der Waals surface area contributed by atoms with E-state index in [1.165, 1.54) is 6.26 Å². The SMILES string of the molecule is O=C(c1ccon1)N1CCC2(CCCN(c3cnccn3)CCN(Cc3ccccc3)C(=O)c3ccccc3OC2)CC1. The van der Waals surface area contributed by atoms with Gasteiger partial charge in [-0.2, -0.15) is 0 Å². The fraction of sp³-hybridized carbons (Fsp3) is 0.364. The predicted octanol–water partition coefficient (Wildman–Crippen LogP) is 4.71. The van der Waals surface area contributed by atoms with Gasteiger partial charge in [-0.25, -0.2) is 4.98 Å². The molecule has 0 bridgehead atoms. The lowest BCUT2D eigenvalue weighted by Gasteiger charge is -2.42. The molecule has 1 spiro atoms. The number of carbonyl (C=O) groups is 2. The van der Waals surface area contributed by atoms with Crippen molar-refractivity contribution in [3.63, 3.8) is 0 Å². The minimum Gasteiger partial charge on any atom is -0.492 e. The third kappa shape index (κ3) is 6.69. The summed E-state index contributed by atoms with van der Waals surface area (Å²) in [6, 6.07) is 19.2. The zero-order chi connectivity index (χ0) is 29.5. The molecule has 10 heteroatoms. The number of hydrogen-bond acceptors (Lipinski definition) is 8. The van der Waals surface area contributed by atoms with E-state index in [9.17, 15) is 9.59 Å². The summed E-state index contributed by atoms with van der Waals surface area (Å²) >= 11 is 0. The van der Waals surface area contributed by atoms with Crippen LogP contribution in [0.3, 0.4) is 0 Å². The first kappa shape index (κ1) is 28.4. The zero-order valence-corrected chi connectivity index (χ0v) is 24.2. The van der Waals surface area contributed by atoms with E-state index >= 15 is 0 Å². The number of benzene rings is 2. The Bertz CT molecular complexity index is 1490. The molecule has 43 heavy (non-hydrogen) atoms. The summed E-state index contributed by atoms with van der Waals surface area (Å²) < 4.78 is 11.4. The molecule has 0 radical (unpaired) electrons. The Hall–Kier alpha value is -4.73. The second-order valence-corrected chi connectivity index (χ2v) is 11.3. The number of fused-ring (bicyclic) bond motifs is 1. The van der Waals surface area contributed by atoms with Crippen LogP contribution in [-0.4, -0.2) is 76.1 Å². The summed E-state index contributed by atoms with van der Waals surface area (Å²) in [5, 5.41) is 3.83. The van der Waals surface area contributed by atoms with Gasteiger partial charge in [0.05, 0.1) is 18.4 Å². The van der Waals surface area contributed by atoms with E-state index in [0.717, 1.165) is 43.6 Å². The molecule has 0 atom stereocenters. The first-order valence-electron chi connectivity index (χ1n) is 14.9. The van der Waals surface area contributed by atoms with Gasteiger partial charge in [-0.3, -0.25) is 14.6 Å². The molecule has 0 saturated carbocycles. The Morgan fingerprint density at radius 1 is 0.884 bits per heavy atom. The van der Waals surface area contributed by atoms with Gasteiger partial charge in [0.2, 0.25) is 0 Å². The molecule has 2 amide bonds. The Morgan fingerprint density at radius 3 is 2.47 bits per heavy atom. The Morgan fingerprint density at radius 2 is 1.70 bits per heavy atom. The third-order valence-electron chi connectivity index (χ3n) is 8.57. The number of anilines is 1. The van der Waals surface area contributed by atoms with Crippen LogP contribution in [0.5, 0.6) is 5.75 Å². The largest absolute Gasteiger partial charge is 0.492 e. The highest BCUT2D eigenvalue weighted by atomic mass is 16.5. The van der Waals surface area contributed by atoms with Crippen molar-refractivity contribution in [1.82, 2.24) is 24.9 Å². The average molecular weight is 581 g/mol. The molecule has 0 unspecified atom stereocenters. The highest BCUT2D eigenvalue weighted by Gasteiger charge is 2.38. The second-order valence-electron chi connectivity index (χ2n) is 11.3. The molecule has 6 rings (SSSR count). The van der Waals surface area contributed by atoms with Crippen LogP contribution in [0.1, 0.15) is 52.1 Å². The summed E-state index contributed by atoms with van der Waals surface area (Å²) in [6.45, 7) is 4.07. The quantitative estimate of drug-likeness (QED) is 0.342. The first-order valence-corrected chi connectivity index (χ1v) is 14.9. The van der Waals surface area contributed by atoms with Crippen LogP contribution in [-0.2, 0) is 6.54 Å². The van der Waals surface area contributed by atoms with Crippen LogP contribution in [0.15, 0.2) is 90.0 Å². The molecule has 1 fully saturated rings. The fourth-order valence-corrected chi connectivity index (χ4v) is 6.04. The molecule has 222 valence electrons. The number of nitrogens with zero attached hydrogens (tertiary/aromatic N) is 6. The van der Waals surface area contributed by atoms with Crippen LogP contribution in [0, 0.1) is 5.41 Å². The number of aromatic nitrogens is 3. The van der Waals surface area contributed by atoms with E-state index in [1.807, 2.05) is 64.4 Å². The maximum atomic E-state index is 14.1. The molecule has 2 aromatic heterocycles. The van der Waals surface area contributed by atoms with Crippen LogP contribution in [0.25, 0.3) is 0 Å². The molecule has 10 nitrogen and oxygen atoms in total. The van der Waals surface area contributed by atoms with Gasteiger partial charge in [0, 0.05) is 63.1 Å². The maximum Gasteiger partial charge on any atom is 0.276 e. The van der Waals surface area contributed by atoms with E-state index in [-0.39, 0.29) is 17.2 Å². The fourth-order valence-electron chi connectivity index (χ4n) is 6.04. The van der Waals surface area contributed by atoms with Crippen LogP contribution in [0.2, 0.25) is 0 Å². The van der Waals surface area contributed by atoms with Crippen molar-refractivity contribution in [2.24, 2.45) is 5.41 Å². The number of hydrogen-bond donors (Lipinski definition) is 0. The van der Waals surface area contributed by atoms with Crippen molar-refractivity contribution >= 4 is 17.6 Å². The molecule has 0 aliphatic carbocycles. The molecule has 2 aliphatic rings. The second kappa shape index (κ2) is 13.1. The van der Waals surface area contributed by atoms with Gasteiger partial charge >= 0.3 is 0 Å². The minimum atomic E-state index is -0.150. The number of likely N-dealkylation sites (tertiary alicyclic amines) is 1. The standard InChI is InChI=1S/C33H36N6O4/c40-31-27-9-4-5-10-29(27)42-25-33(13-18-38(19-14-33)32(41)28-11-22-43-36-28)12-6-17-37(30-23-34-15-16-35-30)20-21-39(31)24-26-7-2-1-3-8-26/h1-5,7-11,15-16,22-23H,6,12-14,17-21,24-25H2. The summed E-state index contributed by atoms with van der Waals surface area (Å²) in [7, 11) is 0. The Kier molecular flexibility index (Phi) is 8.62. The van der Waals surface area contributed by atoms with Crippen LogP contribution >= 0.6 is 0 Å².